The first-order chi connectivity index (χ1) is 33.9. The van der Waals surface area contributed by atoms with E-state index in [0.29, 0.717) is 40.9 Å². The van der Waals surface area contributed by atoms with Gasteiger partial charge in [0.2, 0.25) is 11.8 Å². The molecule has 366 valence electrons. The number of hydrogen-bond acceptors (Lipinski definition) is 8. The molecule has 4 N–H and O–H groups in total. The maximum absolute atomic E-state index is 14.4. The van der Waals surface area contributed by atoms with Gasteiger partial charge in [-0.05, 0) is 118 Å². The highest BCUT2D eigenvalue weighted by Gasteiger charge is 2.34. The van der Waals surface area contributed by atoms with E-state index in [9.17, 15) is 46.3 Å². The maximum atomic E-state index is 14.4. The summed E-state index contributed by atoms with van der Waals surface area (Å²) in [7, 11) is 3.21. The summed E-state index contributed by atoms with van der Waals surface area (Å²) in [6, 6.07) is 16.4. The predicted octanol–water partition coefficient (Wildman–Crippen LogP) is 6.05. The van der Waals surface area contributed by atoms with E-state index in [1.54, 1.807) is 47.4 Å². The molecule has 0 radical (unpaired) electrons. The van der Waals surface area contributed by atoms with Gasteiger partial charge in [0.25, 0.3) is 11.8 Å². The molecule has 7 aromatic rings. The van der Waals surface area contributed by atoms with E-state index in [0.717, 1.165) is 67.8 Å². The summed E-state index contributed by atoms with van der Waals surface area (Å²) >= 11 is 0. The molecular formula is C51H48F4N10O6. The molecular weight excluding hydrogens is 925 g/mol. The van der Waals surface area contributed by atoms with Gasteiger partial charge in [0, 0.05) is 62.2 Å². The number of aryl methyl sites for hydroxylation is 3. The third kappa shape index (κ3) is 9.27. The highest BCUT2D eigenvalue weighted by molar-refractivity contribution is 6.13. The Balaban J connectivity index is 0.976. The topological polar surface area (TPSA) is 193 Å². The van der Waals surface area contributed by atoms with E-state index in [1.165, 1.54) is 33.3 Å². The number of benzene rings is 4. The molecule has 0 saturated carbocycles. The van der Waals surface area contributed by atoms with E-state index < -0.39 is 52.6 Å². The van der Waals surface area contributed by atoms with E-state index in [1.807, 2.05) is 18.2 Å². The summed E-state index contributed by atoms with van der Waals surface area (Å²) in [5.41, 5.74) is 7.11. The number of halogens is 4. The zero-order valence-corrected chi connectivity index (χ0v) is 38.9. The number of imidazole rings is 1. The van der Waals surface area contributed by atoms with Gasteiger partial charge in [-0.25, -0.2) is 23.2 Å². The van der Waals surface area contributed by atoms with Crippen molar-refractivity contribution in [2.75, 3.05) is 25.0 Å². The van der Waals surface area contributed by atoms with Gasteiger partial charge < -0.3 is 20.5 Å². The van der Waals surface area contributed by atoms with E-state index in [2.05, 4.69) is 32.5 Å². The average molecular weight is 973 g/mol. The van der Waals surface area contributed by atoms with Crippen molar-refractivity contribution in [1.29, 1.82) is 0 Å². The van der Waals surface area contributed by atoms with Gasteiger partial charge >= 0.3 is 17.6 Å². The molecule has 0 spiro atoms. The quantitative estimate of drug-likeness (QED) is 0.0793. The normalized spacial score (nSPS) is 15.8. The molecule has 2 aliphatic rings. The number of para-hydroxylation sites is 1. The zero-order chi connectivity index (χ0) is 50.5. The summed E-state index contributed by atoms with van der Waals surface area (Å²) < 4.78 is 64.9. The van der Waals surface area contributed by atoms with Crippen LogP contribution in [0.25, 0.3) is 38.9 Å². The number of anilines is 1. The molecule has 1 unspecified atom stereocenters. The first-order valence-electron chi connectivity index (χ1n) is 23.1. The Kier molecular flexibility index (Phi) is 12.9. The van der Waals surface area contributed by atoms with Crippen LogP contribution in [0.3, 0.4) is 0 Å². The molecule has 1 atom stereocenters. The molecule has 4 aromatic carbocycles. The second kappa shape index (κ2) is 19.0. The Hall–Kier alpha value is -8.05. The number of alkyl halides is 3. The van der Waals surface area contributed by atoms with Crippen LogP contribution in [0.15, 0.2) is 88.7 Å². The number of piperidine rings is 2. The molecule has 4 amide bonds. The molecule has 16 nitrogen and oxygen atoms in total. The summed E-state index contributed by atoms with van der Waals surface area (Å²) in [5.74, 6) is 3.12. The van der Waals surface area contributed by atoms with Crippen LogP contribution in [-0.2, 0) is 42.8 Å². The number of fused-ring (bicyclic) bond motifs is 2. The number of aromatic nitrogens is 6. The van der Waals surface area contributed by atoms with Crippen molar-refractivity contribution in [3.63, 3.8) is 0 Å². The van der Waals surface area contributed by atoms with Gasteiger partial charge in [0.1, 0.15) is 18.2 Å². The average Bonchev–Trinajstić information content (AvgIpc) is 3.97. The predicted molar refractivity (Wildman–Crippen MR) is 256 cm³/mol. The Morgan fingerprint density at radius 3 is 2.38 bits per heavy atom. The number of imide groups is 1. The molecule has 2 fully saturated rings. The number of carbonyl (C=O) groups excluding carboxylic acids is 4. The van der Waals surface area contributed by atoms with Crippen LogP contribution in [0, 0.1) is 23.6 Å². The van der Waals surface area contributed by atoms with Crippen LogP contribution >= 0.6 is 0 Å². The lowest BCUT2D eigenvalue weighted by Crippen LogP contribution is -2.44. The highest BCUT2D eigenvalue weighted by atomic mass is 19.4. The van der Waals surface area contributed by atoms with Crippen LogP contribution in [0.4, 0.5) is 23.2 Å². The number of nitrogens with two attached hydrogens (primary N) is 1. The second-order valence-corrected chi connectivity index (χ2v) is 17.9. The third-order valence-corrected chi connectivity index (χ3v) is 13.5. The zero-order valence-electron chi connectivity index (χ0n) is 38.9. The Morgan fingerprint density at radius 2 is 1.69 bits per heavy atom. The number of nitrogens with one attached hydrogen (secondary N) is 2. The lowest BCUT2D eigenvalue weighted by Gasteiger charge is -2.31. The largest absolute Gasteiger partial charge is 0.416 e. The number of nitrogens with zero attached hydrogens (tertiary/aromatic N) is 7. The fraction of sp³-hybridized carbons (Fsp3) is 0.314. The summed E-state index contributed by atoms with van der Waals surface area (Å²) in [6.45, 7) is 4.35. The van der Waals surface area contributed by atoms with Crippen molar-refractivity contribution in [3.05, 3.63) is 134 Å². The molecule has 0 aliphatic carbocycles. The lowest BCUT2D eigenvalue weighted by molar-refractivity contribution is -0.138. The summed E-state index contributed by atoms with van der Waals surface area (Å²) in [5, 5.41) is 9.05. The smallest absolute Gasteiger partial charge is 0.366 e. The Labute approximate surface area is 402 Å². The van der Waals surface area contributed by atoms with Gasteiger partial charge in [-0.15, -0.1) is 0 Å². The Bertz CT molecular complexity index is 3510. The van der Waals surface area contributed by atoms with Crippen molar-refractivity contribution in [2.24, 2.45) is 25.7 Å². The van der Waals surface area contributed by atoms with Gasteiger partial charge in [-0.2, -0.15) is 18.3 Å². The maximum Gasteiger partial charge on any atom is 0.416 e. The number of primary amides is 1. The standard InChI is InChI=1S/C51H48F4N10O6/c1-4-63-42(25-32-23-33(51(53,54)55)26-38(44(32)63)47(68)58-34-11-14-39(52)37(27-34)46(56)67)36-13-12-35(64-28-57-61(3)50(64)71)24-31(36)9-5-7-29-17-20-62(21-18-29)22-19-30-8-6-10-40-45(30)60(2)49(70)65(40)41-15-16-43(66)59-48(41)69/h6,8,10-14,23-29,41H,4,7,15-22H2,1-3H3,(H2,56,67)(H,58,68)(H,59,66,69). The molecule has 71 heavy (non-hydrogen) atoms. The van der Waals surface area contributed by atoms with Gasteiger partial charge in [-0.1, -0.05) is 24.0 Å². The number of hydrogen-bond donors (Lipinski definition) is 3. The number of amides is 4. The van der Waals surface area contributed by atoms with Crippen LogP contribution in [0.1, 0.15) is 82.5 Å². The molecule has 2 saturated heterocycles. The molecule has 9 rings (SSSR count). The van der Waals surface area contributed by atoms with E-state index in [-0.39, 0.29) is 59.1 Å². The minimum atomic E-state index is -4.83. The molecule has 3 aromatic heterocycles. The number of rotatable bonds is 11. The fourth-order valence-corrected chi connectivity index (χ4v) is 9.80. The minimum Gasteiger partial charge on any atom is -0.366 e. The van der Waals surface area contributed by atoms with Crippen molar-refractivity contribution in [2.45, 2.75) is 64.2 Å². The fourth-order valence-electron chi connectivity index (χ4n) is 9.80. The number of likely N-dealkylation sites (tertiary alicyclic amines) is 1. The van der Waals surface area contributed by atoms with Gasteiger partial charge in [0.05, 0.1) is 44.6 Å². The first kappa shape index (κ1) is 48.0. The SMILES string of the molecule is CCn1c(-c2ccc(-n3cnn(C)c3=O)cc2C#CCC2CCN(CCc3cccc4c3n(C)c(=O)n4C3CCC(=O)NC3=O)CC2)cc2cc(C(F)(F)F)cc(C(=O)Nc3ccc(F)c(C(N)=O)c3)c21. The van der Waals surface area contributed by atoms with Crippen molar-refractivity contribution >= 4 is 51.3 Å². The molecule has 2 aliphatic heterocycles. The van der Waals surface area contributed by atoms with Gasteiger partial charge in [0.15, 0.2) is 0 Å². The minimum absolute atomic E-state index is 0.0570. The molecule has 20 heteroatoms. The Morgan fingerprint density at radius 1 is 0.915 bits per heavy atom. The number of carbonyl (C=O) groups is 4. The van der Waals surface area contributed by atoms with Crippen molar-refractivity contribution < 1.29 is 36.7 Å². The molecule has 0 bridgehead atoms. The third-order valence-electron chi connectivity index (χ3n) is 13.5. The van der Waals surface area contributed by atoms with Crippen LogP contribution in [0.5, 0.6) is 0 Å². The van der Waals surface area contributed by atoms with Gasteiger partial charge in [-0.3, -0.25) is 33.6 Å². The summed E-state index contributed by atoms with van der Waals surface area (Å²) in [4.78, 5) is 79.2. The van der Waals surface area contributed by atoms with E-state index in [4.69, 9.17) is 5.73 Å². The van der Waals surface area contributed by atoms with Crippen molar-refractivity contribution in [3.8, 4) is 28.8 Å². The first-order valence-corrected chi connectivity index (χ1v) is 23.1. The van der Waals surface area contributed by atoms with Crippen molar-refractivity contribution in [1.82, 2.24) is 38.3 Å². The second-order valence-electron chi connectivity index (χ2n) is 17.9. The van der Waals surface area contributed by atoms with Crippen LogP contribution < -0.4 is 27.7 Å². The van der Waals surface area contributed by atoms with E-state index >= 15 is 0 Å². The van der Waals surface area contributed by atoms with Crippen LogP contribution in [0.2, 0.25) is 0 Å². The van der Waals surface area contributed by atoms with Crippen LogP contribution in [-0.4, -0.2) is 76.2 Å². The lowest BCUT2D eigenvalue weighted by atomic mass is 9.93. The molecule has 5 heterocycles. The highest BCUT2D eigenvalue weighted by Crippen LogP contribution is 2.39. The monoisotopic (exact) mass is 972 g/mol. The summed E-state index contributed by atoms with van der Waals surface area (Å²) in [6.07, 6.45) is -0.125.